The van der Waals surface area contributed by atoms with Crippen LogP contribution in [0.4, 0.5) is 5.82 Å². The highest BCUT2D eigenvalue weighted by atomic mass is 32.2. The molecule has 0 spiro atoms. The van der Waals surface area contributed by atoms with E-state index in [2.05, 4.69) is 33.0 Å². The number of ether oxygens (including phenoxy) is 2. The number of thioether (sulfide) groups is 1. The van der Waals surface area contributed by atoms with Crippen LogP contribution in [0, 0.1) is 0 Å². The van der Waals surface area contributed by atoms with Crippen molar-refractivity contribution in [2.75, 3.05) is 18.5 Å². The third-order valence-corrected chi connectivity index (χ3v) is 7.39. The molecule has 5 nitrogen and oxygen atoms in total. The number of hydrogen-bond acceptors (Lipinski definition) is 7. The second kappa shape index (κ2) is 7.85. The molecule has 2 aromatic rings. The van der Waals surface area contributed by atoms with Crippen LogP contribution < -0.4 is 5.32 Å². The van der Waals surface area contributed by atoms with Gasteiger partial charge in [0.25, 0.3) is 0 Å². The summed E-state index contributed by atoms with van der Waals surface area (Å²) in [6.07, 6.45) is 4.49. The van der Waals surface area contributed by atoms with Crippen molar-refractivity contribution in [3.8, 4) is 0 Å². The highest BCUT2D eigenvalue weighted by Crippen LogP contribution is 2.42. The molecule has 2 aliphatic heterocycles. The van der Waals surface area contributed by atoms with Crippen molar-refractivity contribution in [3.05, 3.63) is 10.4 Å². The summed E-state index contributed by atoms with van der Waals surface area (Å²) in [5.74, 6) is 0.969. The Kier molecular flexibility index (Phi) is 5.65. The second-order valence-corrected chi connectivity index (χ2v) is 10.6. The lowest BCUT2D eigenvalue weighted by Gasteiger charge is -2.33. The molecule has 27 heavy (non-hydrogen) atoms. The van der Waals surface area contributed by atoms with Crippen LogP contribution in [-0.2, 0) is 22.5 Å². The molecule has 1 saturated heterocycles. The Morgan fingerprint density at radius 3 is 2.93 bits per heavy atom. The molecule has 0 bridgehead atoms. The molecule has 7 heteroatoms. The molecular formula is C20H29N3O2S2. The van der Waals surface area contributed by atoms with Crippen LogP contribution in [0.25, 0.3) is 10.2 Å². The molecule has 0 aromatic carbocycles. The molecule has 0 unspecified atom stereocenters. The molecule has 4 heterocycles. The normalized spacial score (nSPS) is 25.3. The highest BCUT2D eigenvalue weighted by Gasteiger charge is 2.33. The van der Waals surface area contributed by atoms with E-state index in [1.165, 1.54) is 15.8 Å². The van der Waals surface area contributed by atoms with E-state index in [4.69, 9.17) is 19.4 Å². The Hall–Kier alpha value is -0.890. The van der Waals surface area contributed by atoms with Gasteiger partial charge in [0.2, 0.25) is 0 Å². The maximum absolute atomic E-state index is 6.16. The summed E-state index contributed by atoms with van der Waals surface area (Å²) in [6.45, 7) is 11.1. The summed E-state index contributed by atoms with van der Waals surface area (Å²) in [4.78, 5) is 12.2. The fraction of sp³-hybridized carbons (Fsp3) is 0.700. The van der Waals surface area contributed by atoms with Crippen LogP contribution in [0.2, 0.25) is 0 Å². The molecule has 4 rings (SSSR count). The van der Waals surface area contributed by atoms with Crippen molar-refractivity contribution in [1.82, 2.24) is 9.97 Å². The van der Waals surface area contributed by atoms with Gasteiger partial charge in [0.1, 0.15) is 10.6 Å². The van der Waals surface area contributed by atoms with E-state index >= 15 is 0 Å². The first-order chi connectivity index (χ1) is 13.0. The number of hydrogen-bond donors (Lipinski definition) is 1. The van der Waals surface area contributed by atoms with Crippen molar-refractivity contribution in [3.63, 3.8) is 0 Å². The van der Waals surface area contributed by atoms with Crippen LogP contribution in [0.1, 0.15) is 57.4 Å². The Balaban J connectivity index is 1.73. The third kappa shape index (κ3) is 4.11. The molecular weight excluding hydrogens is 378 g/mol. The van der Waals surface area contributed by atoms with Gasteiger partial charge in [-0.2, -0.15) is 0 Å². The monoisotopic (exact) mass is 407 g/mol. The number of thiophene rings is 1. The number of nitrogens with zero attached hydrogens (tertiary/aromatic N) is 2. The minimum atomic E-state index is -0.0990. The molecule has 2 aromatic heterocycles. The minimum absolute atomic E-state index is 0.0990. The van der Waals surface area contributed by atoms with Gasteiger partial charge in [0.15, 0.2) is 5.16 Å². The van der Waals surface area contributed by atoms with Gasteiger partial charge < -0.3 is 14.8 Å². The van der Waals surface area contributed by atoms with Crippen LogP contribution >= 0.6 is 23.1 Å². The van der Waals surface area contributed by atoms with Crippen molar-refractivity contribution < 1.29 is 9.47 Å². The second-order valence-electron chi connectivity index (χ2n) is 7.99. The molecule has 0 amide bonds. The first-order valence-corrected chi connectivity index (χ1v) is 11.7. The van der Waals surface area contributed by atoms with Crippen molar-refractivity contribution >= 4 is 39.1 Å². The van der Waals surface area contributed by atoms with E-state index in [-0.39, 0.29) is 11.7 Å². The number of rotatable bonds is 6. The lowest BCUT2D eigenvalue weighted by atomic mass is 9.90. The predicted molar refractivity (Wildman–Crippen MR) is 113 cm³/mol. The number of anilines is 1. The predicted octanol–water partition coefficient (Wildman–Crippen LogP) is 5.02. The van der Waals surface area contributed by atoms with Crippen LogP contribution in [0.5, 0.6) is 0 Å². The van der Waals surface area contributed by atoms with Gasteiger partial charge in [-0.15, -0.1) is 11.3 Å². The summed E-state index contributed by atoms with van der Waals surface area (Å²) < 4.78 is 12.0. The molecule has 0 saturated carbocycles. The Morgan fingerprint density at radius 1 is 1.37 bits per heavy atom. The average molecular weight is 408 g/mol. The maximum atomic E-state index is 6.16. The highest BCUT2D eigenvalue weighted by molar-refractivity contribution is 7.99. The molecule has 148 valence electrons. The van der Waals surface area contributed by atoms with E-state index in [9.17, 15) is 0 Å². The van der Waals surface area contributed by atoms with Crippen molar-refractivity contribution in [1.29, 1.82) is 0 Å². The van der Waals surface area contributed by atoms with E-state index in [1.807, 2.05) is 0 Å². The van der Waals surface area contributed by atoms with Gasteiger partial charge >= 0.3 is 0 Å². The summed E-state index contributed by atoms with van der Waals surface area (Å²) >= 11 is 3.48. The maximum Gasteiger partial charge on any atom is 0.191 e. The number of aromatic nitrogens is 2. The summed E-state index contributed by atoms with van der Waals surface area (Å²) in [5, 5.41) is 6.10. The van der Waals surface area contributed by atoms with Crippen molar-refractivity contribution in [2.45, 2.75) is 82.1 Å². The zero-order valence-electron chi connectivity index (χ0n) is 16.6. The van der Waals surface area contributed by atoms with E-state index in [0.29, 0.717) is 11.9 Å². The van der Waals surface area contributed by atoms with Gasteiger partial charge in [0, 0.05) is 29.7 Å². The molecule has 1 N–H and O–H groups in total. The largest absolute Gasteiger partial charge is 0.376 e. The SMILES string of the molecule is CC[C@@]1(C)Cc2c(sc3nc(SC(C)C)nc(NC[C@@H]4CCCO4)c23)CO1. The zero-order valence-corrected chi connectivity index (χ0v) is 18.3. The number of fused-ring (bicyclic) bond motifs is 3. The van der Waals surface area contributed by atoms with Gasteiger partial charge in [-0.05, 0) is 31.7 Å². The molecule has 0 aliphatic carbocycles. The summed E-state index contributed by atoms with van der Waals surface area (Å²) in [5.41, 5.74) is 1.28. The Bertz CT molecular complexity index is 817. The molecule has 2 aliphatic rings. The van der Waals surface area contributed by atoms with Gasteiger partial charge in [-0.25, -0.2) is 9.97 Å². The summed E-state index contributed by atoms with van der Waals surface area (Å²) in [6, 6.07) is 0. The van der Waals surface area contributed by atoms with Crippen LogP contribution in [0.15, 0.2) is 5.16 Å². The van der Waals surface area contributed by atoms with Crippen LogP contribution in [-0.4, -0.2) is 40.1 Å². The van der Waals surface area contributed by atoms with Crippen molar-refractivity contribution in [2.24, 2.45) is 0 Å². The first-order valence-electron chi connectivity index (χ1n) is 9.96. The van der Waals surface area contributed by atoms with Crippen LogP contribution in [0.3, 0.4) is 0 Å². The van der Waals surface area contributed by atoms with Gasteiger partial charge in [-0.3, -0.25) is 0 Å². The van der Waals surface area contributed by atoms with E-state index in [0.717, 1.165) is 54.6 Å². The fourth-order valence-corrected chi connectivity index (χ4v) is 5.56. The molecule has 2 atom stereocenters. The standard InChI is InChI=1S/C20H29N3O2S2/c1-5-20(4)9-14-15(11-25-20)27-18-16(14)17(21-10-13-7-6-8-24-13)22-19(23-18)26-12(2)3/h12-13H,5-11H2,1-4H3,(H,21,22,23)/t13-,20-/m0/s1. The Morgan fingerprint density at radius 2 is 2.22 bits per heavy atom. The summed E-state index contributed by atoms with van der Waals surface area (Å²) in [7, 11) is 0. The Labute approximate surface area is 169 Å². The van der Waals surface area contributed by atoms with E-state index in [1.54, 1.807) is 23.1 Å². The minimum Gasteiger partial charge on any atom is -0.376 e. The van der Waals surface area contributed by atoms with Gasteiger partial charge in [-0.1, -0.05) is 32.5 Å². The topological polar surface area (TPSA) is 56.3 Å². The fourth-order valence-electron chi connectivity index (χ4n) is 3.69. The first kappa shape index (κ1) is 19.4. The average Bonchev–Trinajstić information content (AvgIpc) is 3.26. The van der Waals surface area contributed by atoms with E-state index < -0.39 is 0 Å². The lowest BCUT2D eigenvalue weighted by Crippen LogP contribution is -2.34. The molecule has 0 radical (unpaired) electrons. The smallest absolute Gasteiger partial charge is 0.191 e. The third-order valence-electron chi connectivity index (χ3n) is 5.43. The number of nitrogens with one attached hydrogen (secondary N) is 1. The lowest BCUT2D eigenvalue weighted by molar-refractivity contribution is -0.0542. The quantitative estimate of drug-likeness (QED) is 0.536. The van der Waals surface area contributed by atoms with Gasteiger partial charge in [0.05, 0.1) is 23.7 Å². The molecule has 1 fully saturated rings. The zero-order chi connectivity index (χ0) is 19.0.